The Bertz CT molecular complexity index is 670. The lowest BCUT2D eigenvalue weighted by Gasteiger charge is -2.33. The van der Waals surface area contributed by atoms with E-state index in [1.165, 1.54) is 13.2 Å². The molecule has 2 rings (SSSR count). The Balaban J connectivity index is 2.10. The quantitative estimate of drug-likeness (QED) is 0.767. The molecule has 0 amide bonds. The molecule has 3 N–H and O–H groups in total. The van der Waals surface area contributed by atoms with E-state index in [2.05, 4.69) is 0 Å². The van der Waals surface area contributed by atoms with Crippen molar-refractivity contribution >= 4 is 0 Å². The first kappa shape index (κ1) is 19.2. The zero-order valence-corrected chi connectivity index (χ0v) is 14.9. The Morgan fingerprint density at radius 1 is 1.12 bits per heavy atom. The van der Waals surface area contributed by atoms with Gasteiger partial charge in [-0.1, -0.05) is 24.3 Å². The van der Waals surface area contributed by atoms with Crippen molar-refractivity contribution in [3.05, 3.63) is 59.9 Å². The third-order valence-electron chi connectivity index (χ3n) is 4.17. The van der Waals surface area contributed by atoms with E-state index >= 15 is 0 Å². The van der Waals surface area contributed by atoms with Gasteiger partial charge in [0.1, 0.15) is 23.9 Å². The topological polar surface area (TPSA) is 64.7 Å². The summed E-state index contributed by atoms with van der Waals surface area (Å²) < 4.78 is 25.1. The lowest BCUT2D eigenvalue weighted by Crippen LogP contribution is -2.42. The molecule has 0 bridgehead atoms. The van der Waals surface area contributed by atoms with Gasteiger partial charge < -0.3 is 20.3 Å². The number of para-hydroxylation sites is 1. The molecule has 2 unspecified atom stereocenters. The molecule has 25 heavy (non-hydrogen) atoms. The highest BCUT2D eigenvalue weighted by Gasteiger charge is 2.31. The summed E-state index contributed by atoms with van der Waals surface area (Å²) in [7, 11) is 1.49. The predicted octanol–water partition coefficient (Wildman–Crippen LogP) is 3.49. The maximum absolute atomic E-state index is 14.5. The molecular weight excluding hydrogens is 321 g/mol. The fourth-order valence-corrected chi connectivity index (χ4v) is 2.80. The number of hydrogen-bond donors (Lipinski definition) is 2. The average Bonchev–Trinajstić information content (AvgIpc) is 2.58. The van der Waals surface area contributed by atoms with Crippen LogP contribution in [0.4, 0.5) is 4.39 Å². The van der Waals surface area contributed by atoms with Crippen LogP contribution in [0.2, 0.25) is 0 Å². The van der Waals surface area contributed by atoms with Gasteiger partial charge in [-0.3, -0.25) is 0 Å². The number of aliphatic hydroxyl groups excluding tert-OH is 1. The number of benzene rings is 2. The monoisotopic (exact) mass is 347 g/mol. The molecule has 2 atom stereocenters. The van der Waals surface area contributed by atoms with Crippen molar-refractivity contribution in [1.29, 1.82) is 0 Å². The highest BCUT2D eigenvalue weighted by molar-refractivity contribution is 5.33. The molecule has 2 aromatic carbocycles. The standard InChI is InChI=1S/C20H26FNO3/c1-20(2,22)18(17-10-9-16(24-3)12-19(17)21)11-14(23)13-25-15-7-5-4-6-8-15/h4-10,12,14,18,23H,11,13,22H2,1-3H3. The van der Waals surface area contributed by atoms with Crippen LogP contribution >= 0.6 is 0 Å². The molecule has 2 aromatic rings. The lowest BCUT2D eigenvalue weighted by atomic mass is 9.79. The maximum Gasteiger partial charge on any atom is 0.130 e. The van der Waals surface area contributed by atoms with Gasteiger partial charge in [-0.05, 0) is 44.0 Å². The molecule has 0 aromatic heterocycles. The van der Waals surface area contributed by atoms with E-state index in [9.17, 15) is 9.50 Å². The molecule has 136 valence electrons. The minimum atomic E-state index is -0.769. The lowest BCUT2D eigenvalue weighted by molar-refractivity contribution is 0.0857. The molecule has 0 saturated heterocycles. The van der Waals surface area contributed by atoms with Gasteiger partial charge in [0.2, 0.25) is 0 Å². The van der Waals surface area contributed by atoms with Gasteiger partial charge in [-0.25, -0.2) is 4.39 Å². The Labute approximate surface area is 148 Å². The van der Waals surface area contributed by atoms with Crippen LogP contribution in [0.1, 0.15) is 31.7 Å². The fourth-order valence-electron chi connectivity index (χ4n) is 2.80. The summed E-state index contributed by atoms with van der Waals surface area (Å²) in [4.78, 5) is 0. The molecule has 0 heterocycles. The highest BCUT2D eigenvalue weighted by atomic mass is 19.1. The molecule has 0 spiro atoms. The molecular formula is C20H26FNO3. The maximum atomic E-state index is 14.5. The molecule has 0 aliphatic rings. The first-order chi connectivity index (χ1) is 11.8. The normalized spacial score (nSPS) is 14.0. The number of hydrogen-bond acceptors (Lipinski definition) is 4. The second-order valence-corrected chi connectivity index (χ2v) is 6.77. The number of ether oxygens (including phenoxy) is 2. The summed E-state index contributed by atoms with van der Waals surface area (Å²) in [5.41, 5.74) is 6.02. The Morgan fingerprint density at radius 3 is 2.36 bits per heavy atom. The van der Waals surface area contributed by atoms with Crippen LogP contribution < -0.4 is 15.2 Å². The van der Waals surface area contributed by atoms with Crippen molar-refractivity contribution in [2.24, 2.45) is 5.73 Å². The van der Waals surface area contributed by atoms with Gasteiger partial charge in [0.15, 0.2) is 0 Å². The molecule has 0 aliphatic carbocycles. The number of nitrogens with two attached hydrogens (primary N) is 1. The number of rotatable bonds is 8. The predicted molar refractivity (Wildman–Crippen MR) is 96.5 cm³/mol. The van der Waals surface area contributed by atoms with Gasteiger partial charge in [0.25, 0.3) is 0 Å². The summed E-state index contributed by atoms with van der Waals surface area (Å²) in [6.07, 6.45) is -0.478. The SMILES string of the molecule is COc1ccc(C(CC(O)COc2ccccc2)C(C)(C)N)c(F)c1. The van der Waals surface area contributed by atoms with E-state index < -0.39 is 11.6 Å². The zero-order valence-electron chi connectivity index (χ0n) is 14.9. The van der Waals surface area contributed by atoms with Crippen LogP contribution in [0.3, 0.4) is 0 Å². The average molecular weight is 347 g/mol. The van der Waals surface area contributed by atoms with Crippen molar-refractivity contribution < 1.29 is 19.0 Å². The number of halogens is 1. The molecule has 0 fully saturated rings. The fraction of sp³-hybridized carbons (Fsp3) is 0.400. The van der Waals surface area contributed by atoms with Crippen LogP contribution in [-0.2, 0) is 0 Å². The number of methoxy groups -OCH3 is 1. The van der Waals surface area contributed by atoms with Gasteiger partial charge in [0.05, 0.1) is 13.2 Å². The van der Waals surface area contributed by atoms with E-state index in [-0.39, 0.29) is 18.3 Å². The minimum absolute atomic E-state index is 0.119. The molecule has 0 saturated carbocycles. The molecule has 0 radical (unpaired) electrons. The smallest absolute Gasteiger partial charge is 0.130 e. The minimum Gasteiger partial charge on any atom is -0.497 e. The molecule has 0 aliphatic heterocycles. The van der Waals surface area contributed by atoms with Crippen molar-refractivity contribution in [3.8, 4) is 11.5 Å². The first-order valence-electron chi connectivity index (χ1n) is 8.29. The summed E-state index contributed by atoms with van der Waals surface area (Å²) in [6.45, 7) is 3.77. The third kappa shape index (κ3) is 5.44. The van der Waals surface area contributed by atoms with Crippen molar-refractivity contribution in [3.63, 3.8) is 0 Å². The van der Waals surface area contributed by atoms with E-state index in [0.717, 1.165) is 0 Å². The van der Waals surface area contributed by atoms with Gasteiger partial charge in [-0.2, -0.15) is 0 Å². The van der Waals surface area contributed by atoms with E-state index in [1.54, 1.807) is 12.1 Å². The summed E-state index contributed by atoms with van der Waals surface area (Å²) in [5.74, 6) is 0.371. The van der Waals surface area contributed by atoms with Crippen LogP contribution in [-0.4, -0.2) is 30.5 Å². The second-order valence-electron chi connectivity index (χ2n) is 6.77. The van der Waals surface area contributed by atoms with Gasteiger partial charge in [-0.15, -0.1) is 0 Å². The van der Waals surface area contributed by atoms with E-state index in [4.69, 9.17) is 15.2 Å². The second kappa shape index (κ2) is 8.32. The molecule has 4 nitrogen and oxygen atoms in total. The van der Waals surface area contributed by atoms with Gasteiger partial charge in [0, 0.05) is 17.5 Å². The molecule has 5 heteroatoms. The Kier molecular flexibility index (Phi) is 6.39. The van der Waals surface area contributed by atoms with Crippen LogP contribution in [0.5, 0.6) is 11.5 Å². The largest absolute Gasteiger partial charge is 0.497 e. The third-order valence-corrected chi connectivity index (χ3v) is 4.17. The Morgan fingerprint density at radius 2 is 1.80 bits per heavy atom. The number of aliphatic hydroxyl groups is 1. The van der Waals surface area contributed by atoms with Crippen molar-refractivity contribution in [2.45, 2.75) is 37.8 Å². The van der Waals surface area contributed by atoms with Gasteiger partial charge >= 0.3 is 0 Å². The van der Waals surface area contributed by atoms with Crippen molar-refractivity contribution in [2.75, 3.05) is 13.7 Å². The summed E-state index contributed by atoms with van der Waals surface area (Å²) in [6, 6.07) is 14.0. The summed E-state index contributed by atoms with van der Waals surface area (Å²) in [5, 5.41) is 10.4. The van der Waals surface area contributed by atoms with E-state index in [1.807, 2.05) is 44.2 Å². The first-order valence-corrected chi connectivity index (χ1v) is 8.29. The van der Waals surface area contributed by atoms with Crippen LogP contribution in [0.15, 0.2) is 48.5 Å². The van der Waals surface area contributed by atoms with Crippen LogP contribution in [0.25, 0.3) is 0 Å². The van der Waals surface area contributed by atoms with E-state index in [0.29, 0.717) is 23.5 Å². The highest BCUT2D eigenvalue weighted by Crippen LogP contribution is 2.34. The summed E-state index contributed by atoms with van der Waals surface area (Å²) >= 11 is 0. The van der Waals surface area contributed by atoms with Crippen molar-refractivity contribution in [1.82, 2.24) is 0 Å². The van der Waals surface area contributed by atoms with Crippen LogP contribution in [0, 0.1) is 5.82 Å². The zero-order chi connectivity index (χ0) is 18.4. The Hall–Kier alpha value is -2.11.